The topological polar surface area (TPSA) is 53.2 Å². The number of ether oxygens (including phenoxy) is 1. The average Bonchev–Trinajstić information content (AvgIpc) is 2.14. The summed E-state index contributed by atoms with van der Waals surface area (Å²) in [6, 6.07) is 5.88. The molecule has 0 aliphatic carbocycles. The SMILES string of the molecule is C[C@@H](O)c1ccc(OCC#N)cc1F. The highest BCUT2D eigenvalue weighted by molar-refractivity contribution is 5.30. The van der Waals surface area contributed by atoms with E-state index in [1.54, 1.807) is 6.07 Å². The summed E-state index contributed by atoms with van der Waals surface area (Å²) >= 11 is 0. The van der Waals surface area contributed by atoms with Crippen molar-refractivity contribution in [2.24, 2.45) is 0 Å². The average molecular weight is 195 g/mol. The van der Waals surface area contributed by atoms with Crippen LogP contribution in [0.15, 0.2) is 18.2 Å². The second kappa shape index (κ2) is 4.58. The Morgan fingerprint density at radius 3 is 2.86 bits per heavy atom. The largest absolute Gasteiger partial charge is 0.479 e. The zero-order valence-corrected chi connectivity index (χ0v) is 7.70. The van der Waals surface area contributed by atoms with Crippen LogP contribution in [0, 0.1) is 17.1 Å². The van der Waals surface area contributed by atoms with Gasteiger partial charge < -0.3 is 9.84 Å². The molecule has 0 radical (unpaired) electrons. The highest BCUT2D eigenvalue weighted by Crippen LogP contribution is 2.21. The summed E-state index contributed by atoms with van der Waals surface area (Å²) < 4.78 is 18.1. The lowest BCUT2D eigenvalue weighted by Crippen LogP contribution is -1.98. The van der Waals surface area contributed by atoms with Gasteiger partial charge in [-0.1, -0.05) is 0 Å². The van der Waals surface area contributed by atoms with Crippen molar-refractivity contribution in [3.8, 4) is 11.8 Å². The fourth-order valence-electron chi connectivity index (χ4n) is 1.05. The summed E-state index contributed by atoms with van der Waals surface area (Å²) in [6.45, 7) is 1.36. The lowest BCUT2D eigenvalue weighted by molar-refractivity contribution is 0.194. The third-order valence-electron chi connectivity index (χ3n) is 1.73. The predicted molar refractivity (Wildman–Crippen MR) is 48.1 cm³/mol. The molecular formula is C10H10FNO2. The smallest absolute Gasteiger partial charge is 0.174 e. The van der Waals surface area contributed by atoms with Gasteiger partial charge in [-0.2, -0.15) is 5.26 Å². The first-order valence-corrected chi connectivity index (χ1v) is 4.12. The monoisotopic (exact) mass is 195 g/mol. The summed E-state index contributed by atoms with van der Waals surface area (Å²) in [7, 11) is 0. The van der Waals surface area contributed by atoms with Gasteiger partial charge in [-0.15, -0.1) is 0 Å². The van der Waals surface area contributed by atoms with E-state index >= 15 is 0 Å². The second-order valence-electron chi connectivity index (χ2n) is 2.81. The number of nitriles is 1. The molecule has 1 aromatic rings. The van der Waals surface area contributed by atoms with Crippen LogP contribution in [0.1, 0.15) is 18.6 Å². The van der Waals surface area contributed by atoms with Gasteiger partial charge in [0.05, 0.1) is 6.10 Å². The number of nitrogens with zero attached hydrogens (tertiary/aromatic N) is 1. The molecule has 0 aliphatic rings. The zero-order valence-electron chi connectivity index (χ0n) is 7.70. The number of hydrogen-bond acceptors (Lipinski definition) is 3. The molecule has 0 fully saturated rings. The van der Waals surface area contributed by atoms with Crippen LogP contribution in [-0.4, -0.2) is 11.7 Å². The normalized spacial score (nSPS) is 11.9. The second-order valence-corrected chi connectivity index (χ2v) is 2.81. The maximum absolute atomic E-state index is 13.2. The van der Waals surface area contributed by atoms with Gasteiger partial charge in [0.1, 0.15) is 17.6 Å². The number of halogens is 1. The summed E-state index contributed by atoms with van der Waals surface area (Å²) in [5.74, 6) is -0.246. The molecule has 1 aromatic carbocycles. The molecule has 1 N–H and O–H groups in total. The Labute approximate surface area is 81.4 Å². The molecule has 14 heavy (non-hydrogen) atoms. The molecule has 0 aromatic heterocycles. The van der Waals surface area contributed by atoms with Crippen molar-refractivity contribution < 1.29 is 14.2 Å². The van der Waals surface area contributed by atoms with Gasteiger partial charge in [0, 0.05) is 11.6 Å². The van der Waals surface area contributed by atoms with Crippen LogP contribution >= 0.6 is 0 Å². The first-order valence-electron chi connectivity index (χ1n) is 4.12. The van der Waals surface area contributed by atoms with E-state index in [0.29, 0.717) is 0 Å². The first kappa shape index (κ1) is 10.5. The van der Waals surface area contributed by atoms with Crippen molar-refractivity contribution in [3.63, 3.8) is 0 Å². The van der Waals surface area contributed by atoms with Gasteiger partial charge in [0.2, 0.25) is 0 Å². The van der Waals surface area contributed by atoms with Gasteiger partial charge in [-0.05, 0) is 19.1 Å². The number of rotatable bonds is 3. The van der Waals surface area contributed by atoms with Crippen molar-refractivity contribution in [1.82, 2.24) is 0 Å². The Morgan fingerprint density at radius 2 is 2.36 bits per heavy atom. The number of benzene rings is 1. The van der Waals surface area contributed by atoms with Crippen LogP contribution in [0.4, 0.5) is 4.39 Å². The maximum atomic E-state index is 13.2. The van der Waals surface area contributed by atoms with Gasteiger partial charge in [-0.3, -0.25) is 0 Å². The Bertz CT molecular complexity index is 358. The van der Waals surface area contributed by atoms with Crippen molar-refractivity contribution in [3.05, 3.63) is 29.6 Å². The standard InChI is InChI=1S/C10H10FNO2/c1-7(13)9-3-2-8(6-10(9)11)14-5-4-12/h2-3,6-7,13H,5H2,1H3/t7-/m1/s1. The van der Waals surface area contributed by atoms with Gasteiger partial charge in [0.25, 0.3) is 0 Å². The molecule has 0 saturated carbocycles. The van der Waals surface area contributed by atoms with Gasteiger partial charge in [0.15, 0.2) is 6.61 Å². The molecule has 0 amide bonds. The van der Waals surface area contributed by atoms with E-state index in [0.717, 1.165) is 6.07 Å². The third kappa shape index (κ3) is 2.44. The molecule has 4 heteroatoms. The summed E-state index contributed by atoms with van der Waals surface area (Å²) in [5, 5.41) is 17.4. The molecule has 0 saturated heterocycles. The molecule has 1 rings (SSSR count). The fraction of sp³-hybridized carbons (Fsp3) is 0.300. The Hall–Kier alpha value is -1.60. The minimum Gasteiger partial charge on any atom is -0.479 e. The van der Waals surface area contributed by atoms with Crippen LogP contribution in [0.25, 0.3) is 0 Å². The fourth-order valence-corrected chi connectivity index (χ4v) is 1.05. The van der Waals surface area contributed by atoms with Crippen LogP contribution in [0.3, 0.4) is 0 Å². The number of hydrogen-bond donors (Lipinski definition) is 1. The van der Waals surface area contributed by atoms with Crippen LogP contribution in [-0.2, 0) is 0 Å². The van der Waals surface area contributed by atoms with Crippen molar-refractivity contribution in [1.29, 1.82) is 5.26 Å². The zero-order chi connectivity index (χ0) is 10.6. The highest BCUT2D eigenvalue weighted by atomic mass is 19.1. The van der Waals surface area contributed by atoms with Crippen molar-refractivity contribution in [2.75, 3.05) is 6.61 Å². The molecule has 0 spiro atoms. The molecule has 0 unspecified atom stereocenters. The molecule has 0 heterocycles. The minimum atomic E-state index is -0.847. The van der Waals surface area contributed by atoms with E-state index in [9.17, 15) is 4.39 Å². The number of aliphatic hydroxyl groups excluding tert-OH is 1. The molecule has 0 aliphatic heterocycles. The minimum absolute atomic E-state index is 0.118. The Balaban J connectivity index is 2.85. The van der Waals surface area contributed by atoms with Crippen LogP contribution < -0.4 is 4.74 Å². The summed E-state index contributed by atoms with van der Waals surface area (Å²) in [6.07, 6.45) is -0.847. The predicted octanol–water partition coefficient (Wildman–Crippen LogP) is 1.78. The molecule has 1 atom stereocenters. The van der Waals surface area contributed by atoms with E-state index in [2.05, 4.69) is 0 Å². The Kier molecular flexibility index (Phi) is 3.43. The van der Waals surface area contributed by atoms with Crippen LogP contribution in [0.5, 0.6) is 5.75 Å². The van der Waals surface area contributed by atoms with E-state index in [-0.39, 0.29) is 17.9 Å². The maximum Gasteiger partial charge on any atom is 0.174 e. The molecule has 3 nitrogen and oxygen atoms in total. The van der Waals surface area contributed by atoms with Gasteiger partial charge >= 0.3 is 0 Å². The van der Waals surface area contributed by atoms with E-state index < -0.39 is 11.9 Å². The molecular weight excluding hydrogens is 185 g/mol. The lowest BCUT2D eigenvalue weighted by Gasteiger charge is -2.07. The summed E-state index contributed by atoms with van der Waals surface area (Å²) in [5.41, 5.74) is 0.217. The van der Waals surface area contributed by atoms with Crippen LogP contribution in [0.2, 0.25) is 0 Å². The van der Waals surface area contributed by atoms with E-state index in [1.807, 2.05) is 0 Å². The third-order valence-corrected chi connectivity index (χ3v) is 1.73. The first-order chi connectivity index (χ1) is 6.65. The summed E-state index contributed by atoms with van der Waals surface area (Å²) in [4.78, 5) is 0. The van der Waals surface area contributed by atoms with Crippen molar-refractivity contribution >= 4 is 0 Å². The molecule has 0 bridgehead atoms. The number of aliphatic hydroxyl groups is 1. The molecule has 74 valence electrons. The lowest BCUT2D eigenvalue weighted by atomic mass is 10.1. The highest BCUT2D eigenvalue weighted by Gasteiger charge is 2.08. The van der Waals surface area contributed by atoms with E-state index in [4.69, 9.17) is 15.1 Å². The van der Waals surface area contributed by atoms with Gasteiger partial charge in [-0.25, -0.2) is 4.39 Å². The Morgan fingerprint density at radius 1 is 1.64 bits per heavy atom. The quantitative estimate of drug-likeness (QED) is 0.799. The van der Waals surface area contributed by atoms with E-state index in [1.165, 1.54) is 19.1 Å². The van der Waals surface area contributed by atoms with Crippen molar-refractivity contribution in [2.45, 2.75) is 13.0 Å².